The predicted octanol–water partition coefficient (Wildman–Crippen LogP) is 1.22. The summed E-state index contributed by atoms with van der Waals surface area (Å²) < 4.78 is 0. The number of nitrogens with zero attached hydrogens (tertiary/aromatic N) is 3. The van der Waals surface area contributed by atoms with Gasteiger partial charge in [-0.05, 0) is 36.9 Å². The molecular weight excluding hydrogens is 260 g/mol. The minimum Gasteiger partial charge on any atom is -0.383 e. The van der Waals surface area contributed by atoms with Crippen molar-refractivity contribution >= 4 is 23.4 Å². The fourth-order valence-electron chi connectivity index (χ4n) is 1.62. The second-order valence-electron chi connectivity index (χ2n) is 4.10. The van der Waals surface area contributed by atoms with Crippen LogP contribution in [-0.4, -0.2) is 22.0 Å². The first-order valence-electron chi connectivity index (χ1n) is 5.76. The lowest BCUT2D eigenvalue weighted by Gasteiger charge is -2.07. The van der Waals surface area contributed by atoms with E-state index in [2.05, 4.69) is 26.3 Å². The summed E-state index contributed by atoms with van der Waals surface area (Å²) in [7, 11) is 1.90. The number of aryl methyl sites for hydroxylation is 1. The average Bonchev–Trinajstić information content (AvgIpc) is 2.32. The Morgan fingerprint density at radius 3 is 2.47 bits per heavy atom. The van der Waals surface area contributed by atoms with Crippen LogP contribution in [0.4, 0.5) is 11.6 Å². The molecule has 0 saturated heterocycles. The van der Waals surface area contributed by atoms with Gasteiger partial charge in [0.25, 0.3) is 0 Å². The van der Waals surface area contributed by atoms with Crippen molar-refractivity contribution in [2.75, 3.05) is 18.5 Å². The third kappa shape index (κ3) is 3.55. The number of aromatic nitrogens is 3. The molecule has 2 aromatic heterocycles. The molecule has 0 aliphatic carbocycles. The van der Waals surface area contributed by atoms with Crippen molar-refractivity contribution in [1.82, 2.24) is 20.3 Å². The van der Waals surface area contributed by atoms with Gasteiger partial charge >= 0.3 is 0 Å². The van der Waals surface area contributed by atoms with E-state index >= 15 is 0 Å². The quantitative estimate of drug-likeness (QED) is 0.721. The summed E-state index contributed by atoms with van der Waals surface area (Å²) in [5, 5.41) is 4.45. The molecular formula is C12H16N6S. The van der Waals surface area contributed by atoms with E-state index in [0.717, 1.165) is 22.7 Å². The normalized spacial score (nSPS) is 10.6. The van der Waals surface area contributed by atoms with Crippen LogP contribution >= 0.6 is 11.8 Å². The highest BCUT2D eigenvalue weighted by atomic mass is 32.2. The van der Waals surface area contributed by atoms with Crippen molar-refractivity contribution in [3.8, 4) is 0 Å². The molecule has 100 valence electrons. The third-order valence-electron chi connectivity index (χ3n) is 2.40. The summed E-state index contributed by atoms with van der Waals surface area (Å²) in [6.07, 6.45) is 1.83. The van der Waals surface area contributed by atoms with Crippen molar-refractivity contribution < 1.29 is 0 Å². The van der Waals surface area contributed by atoms with Crippen LogP contribution in [0.1, 0.15) is 11.1 Å². The first kappa shape index (κ1) is 13.6. The van der Waals surface area contributed by atoms with Crippen LogP contribution in [0.15, 0.2) is 28.5 Å². The van der Waals surface area contributed by atoms with Gasteiger partial charge in [0.05, 0.1) is 0 Å². The molecule has 0 unspecified atom stereocenters. The van der Waals surface area contributed by atoms with Gasteiger partial charge in [-0.15, -0.1) is 0 Å². The summed E-state index contributed by atoms with van der Waals surface area (Å²) in [5.41, 5.74) is 13.5. The number of rotatable bonds is 4. The van der Waals surface area contributed by atoms with E-state index in [4.69, 9.17) is 11.5 Å². The Bertz CT molecular complexity index is 566. The number of anilines is 2. The highest BCUT2D eigenvalue weighted by Crippen LogP contribution is 2.27. The van der Waals surface area contributed by atoms with E-state index in [0.29, 0.717) is 16.8 Å². The van der Waals surface area contributed by atoms with Gasteiger partial charge in [0.15, 0.2) is 5.16 Å². The van der Waals surface area contributed by atoms with Crippen LogP contribution in [0.2, 0.25) is 0 Å². The second-order valence-corrected chi connectivity index (χ2v) is 5.05. The van der Waals surface area contributed by atoms with E-state index in [1.807, 2.05) is 20.2 Å². The molecule has 5 N–H and O–H groups in total. The molecule has 0 aliphatic rings. The molecule has 0 aromatic carbocycles. The Balaban J connectivity index is 2.23. The fraction of sp³-hybridized carbons (Fsp3) is 0.250. The maximum atomic E-state index is 5.64. The number of nitrogens with one attached hydrogen (secondary N) is 1. The lowest BCUT2D eigenvalue weighted by molar-refractivity contribution is 0.806. The molecule has 0 amide bonds. The maximum Gasteiger partial charge on any atom is 0.197 e. The van der Waals surface area contributed by atoms with Gasteiger partial charge in [0, 0.05) is 18.8 Å². The highest BCUT2D eigenvalue weighted by molar-refractivity contribution is 7.99. The van der Waals surface area contributed by atoms with Crippen molar-refractivity contribution in [1.29, 1.82) is 0 Å². The minimum absolute atomic E-state index is 0.361. The van der Waals surface area contributed by atoms with Crippen LogP contribution in [0.5, 0.6) is 0 Å². The van der Waals surface area contributed by atoms with Crippen LogP contribution in [0.25, 0.3) is 0 Å². The van der Waals surface area contributed by atoms with Gasteiger partial charge in [0.1, 0.15) is 16.7 Å². The monoisotopic (exact) mass is 276 g/mol. The number of nitrogen functional groups attached to an aromatic ring is 2. The zero-order valence-corrected chi connectivity index (χ0v) is 11.7. The third-order valence-corrected chi connectivity index (χ3v) is 3.39. The molecule has 7 heteroatoms. The topological polar surface area (TPSA) is 103 Å². The van der Waals surface area contributed by atoms with Crippen molar-refractivity contribution in [2.45, 2.75) is 23.7 Å². The Morgan fingerprint density at radius 2 is 1.89 bits per heavy atom. The van der Waals surface area contributed by atoms with Crippen molar-refractivity contribution in [3.63, 3.8) is 0 Å². The van der Waals surface area contributed by atoms with E-state index in [9.17, 15) is 0 Å². The number of hydrogen-bond donors (Lipinski definition) is 3. The molecule has 0 aliphatic heterocycles. The summed E-state index contributed by atoms with van der Waals surface area (Å²) in [6.45, 7) is 2.80. The molecule has 0 spiro atoms. The largest absolute Gasteiger partial charge is 0.383 e. The first-order chi connectivity index (χ1) is 9.08. The SMILES string of the molecule is CNCc1cnc(Sc2nc(N)cc(N)n2)c(C)c1. The van der Waals surface area contributed by atoms with Gasteiger partial charge in [0.2, 0.25) is 0 Å². The van der Waals surface area contributed by atoms with Gasteiger partial charge in [-0.1, -0.05) is 6.07 Å². The van der Waals surface area contributed by atoms with Gasteiger partial charge in [-0.2, -0.15) is 0 Å². The summed E-state index contributed by atoms with van der Waals surface area (Å²) in [6, 6.07) is 3.61. The average molecular weight is 276 g/mol. The smallest absolute Gasteiger partial charge is 0.197 e. The van der Waals surface area contributed by atoms with Crippen LogP contribution < -0.4 is 16.8 Å². The first-order valence-corrected chi connectivity index (χ1v) is 6.58. The minimum atomic E-state index is 0.361. The molecule has 0 fully saturated rings. The molecule has 19 heavy (non-hydrogen) atoms. The van der Waals surface area contributed by atoms with E-state index in [1.54, 1.807) is 0 Å². The Morgan fingerprint density at radius 1 is 1.21 bits per heavy atom. The molecule has 2 rings (SSSR count). The molecule has 0 atom stereocenters. The van der Waals surface area contributed by atoms with E-state index < -0.39 is 0 Å². The van der Waals surface area contributed by atoms with Crippen molar-refractivity contribution in [2.24, 2.45) is 0 Å². The zero-order valence-electron chi connectivity index (χ0n) is 10.8. The molecule has 2 heterocycles. The lowest BCUT2D eigenvalue weighted by Crippen LogP contribution is -2.06. The highest BCUT2D eigenvalue weighted by Gasteiger charge is 2.08. The zero-order chi connectivity index (χ0) is 13.8. The standard InChI is InChI=1S/C12H16N6S/c1-7-3-8(5-15-2)6-16-11(7)19-12-17-9(13)4-10(14)18-12/h3-4,6,15H,5H2,1-2H3,(H4,13,14,17,18). The van der Waals surface area contributed by atoms with Crippen LogP contribution in [-0.2, 0) is 6.54 Å². The van der Waals surface area contributed by atoms with Crippen LogP contribution in [0, 0.1) is 6.92 Å². The van der Waals surface area contributed by atoms with Crippen molar-refractivity contribution in [3.05, 3.63) is 29.5 Å². The molecule has 0 saturated carbocycles. The second kappa shape index (κ2) is 5.85. The molecule has 0 radical (unpaired) electrons. The number of pyridine rings is 1. The summed E-state index contributed by atoms with van der Waals surface area (Å²) in [4.78, 5) is 12.7. The van der Waals surface area contributed by atoms with E-state index in [-0.39, 0.29) is 0 Å². The Kier molecular flexibility index (Phi) is 4.18. The maximum absolute atomic E-state index is 5.64. The Hall–Kier alpha value is -1.86. The number of hydrogen-bond acceptors (Lipinski definition) is 7. The summed E-state index contributed by atoms with van der Waals surface area (Å²) in [5.74, 6) is 0.721. The Labute approximate surface area is 116 Å². The van der Waals surface area contributed by atoms with Gasteiger partial charge in [-0.25, -0.2) is 15.0 Å². The number of nitrogens with two attached hydrogens (primary N) is 2. The van der Waals surface area contributed by atoms with Gasteiger partial charge in [-0.3, -0.25) is 0 Å². The fourth-order valence-corrected chi connectivity index (χ4v) is 2.42. The summed E-state index contributed by atoms with van der Waals surface area (Å²) >= 11 is 1.36. The molecule has 6 nitrogen and oxygen atoms in total. The van der Waals surface area contributed by atoms with Gasteiger partial charge < -0.3 is 16.8 Å². The molecule has 0 bridgehead atoms. The van der Waals surface area contributed by atoms with E-state index in [1.165, 1.54) is 17.8 Å². The van der Waals surface area contributed by atoms with Crippen LogP contribution in [0.3, 0.4) is 0 Å². The molecule has 2 aromatic rings. The lowest BCUT2D eigenvalue weighted by atomic mass is 10.2. The predicted molar refractivity (Wildman–Crippen MR) is 76.7 cm³/mol.